The number of ether oxygens (including phenoxy) is 3. The predicted molar refractivity (Wildman–Crippen MR) is 137 cm³/mol. The van der Waals surface area contributed by atoms with E-state index in [1.165, 1.54) is 32.8 Å². The first-order chi connectivity index (χ1) is 18.4. The number of esters is 1. The van der Waals surface area contributed by atoms with Gasteiger partial charge in [0.25, 0.3) is 0 Å². The van der Waals surface area contributed by atoms with E-state index >= 15 is 0 Å². The summed E-state index contributed by atoms with van der Waals surface area (Å²) in [7, 11) is 3.03. The summed E-state index contributed by atoms with van der Waals surface area (Å²) in [5, 5.41) is 11.0. The number of hydrogen-bond acceptors (Lipinski definition) is 9. The Morgan fingerprint density at radius 2 is 1.61 bits per heavy atom. The number of aromatic hydroxyl groups is 1. The Kier molecular flexibility index (Phi) is 5.41. The van der Waals surface area contributed by atoms with E-state index in [1.54, 1.807) is 42.5 Å². The summed E-state index contributed by atoms with van der Waals surface area (Å²) in [6, 6.07) is 12.9. The van der Waals surface area contributed by atoms with Gasteiger partial charge in [0, 0.05) is 23.1 Å². The molecule has 3 aromatic carbocycles. The summed E-state index contributed by atoms with van der Waals surface area (Å²) in [4.78, 5) is 39.6. The van der Waals surface area contributed by atoms with E-state index in [-0.39, 0.29) is 45.1 Å². The normalized spacial score (nSPS) is 14.8. The van der Waals surface area contributed by atoms with Gasteiger partial charge >= 0.3 is 5.97 Å². The van der Waals surface area contributed by atoms with E-state index in [1.807, 2.05) is 0 Å². The minimum atomic E-state index is -0.851. The number of methoxy groups -OCH3 is 2. The second-order valence-corrected chi connectivity index (χ2v) is 8.83. The summed E-state index contributed by atoms with van der Waals surface area (Å²) >= 11 is 0. The maximum Gasteiger partial charge on any atom is 0.312 e. The van der Waals surface area contributed by atoms with Crippen LogP contribution in [0.15, 0.2) is 79.5 Å². The summed E-state index contributed by atoms with van der Waals surface area (Å²) in [5.74, 6) is -0.779. The van der Waals surface area contributed by atoms with Gasteiger partial charge in [-0.15, -0.1) is 0 Å². The van der Waals surface area contributed by atoms with Crippen molar-refractivity contribution in [3.63, 3.8) is 0 Å². The van der Waals surface area contributed by atoms with Gasteiger partial charge in [-0.05, 0) is 35.9 Å². The highest BCUT2D eigenvalue weighted by Crippen LogP contribution is 2.45. The van der Waals surface area contributed by atoms with Crippen molar-refractivity contribution in [3.05, 3.63) is 92.6 Å². The van der Waals surface area contributed by atoms with Gasteiger partial charge in [-0.3, -0.25) is 14.4 Å². The third-order valence-corrected chi connectivity index (χ3v) is 6.75. The number of phenolic OH excluding ortho intramolecular Hbond substituents is 1. The number of benzene rings is 3. The second-order valence-electron chi connectivity index (χ2n) is 8.83. The molecule has 0 unspecified atom stereocenters. The Bertz CT molecular complexity index is 1860. The average molecular weight is 512 g/mol. The molecule has 0 fully saturated rings. The first-order valence-corrected chi connectivity index (χ1v) is 11.7. The van der Waals surface area contributed by atoms with Crippen LogP contribution in [0.2, 0.25) is 0 Å². The van der Waals surface area contributed by atoms with E-state index in [2.05, 4.69) is 0 Å². The van der Waals surface area contributed by atoms with Crippen LogP contribution >= 0.6 is 0 Å². The van der Waals surface area contributed by atoms with E-state index in [0.29, 0.717) is 28.2 Å². The molecule has 2 aromatic heterocycles. The number of fused-ring (bicyclic) bond motifs is 4. The fraction of sp³-hybridized carbons (Fsp3) is 0.138. The molecule has 0 amide bonds. The zero-order valence-corrected chi connectivity index (χ0v) is 20.3. The van der Waals surface area contributed by atoms with Crippen LogP contribution in [-0.4, -0.2) is 25.3 Å². The molecular weight excluding hydrogens is 492 g/mol. The maximum atomic E-state index is 13.6. The Labute approximate surface area is 214 Å². The molecular formula is C29H20O9. The molecule has 190 valence electrons. The lowest BCUT2D eigenvalue weighted by Crippen LogP contribution is -2.25. The van der Waals surface area contributed by atoms with Gasteiger partial charge in [0.15, 0.2) is 5.43 Å². The molecule has 9 nitrogen and oxygen atoms in total. The summed E-state index contributed by atoms with van der Waals surface area (Å²) in [5.41, 5.74) is 0.775. The van der Waals surface area contributed by atoms with Crippen LogP contribution in [0.5, 0.6) is 23.0 Å². The molecule has 0 saturated heterocycles. The smallest absolute Gasteiger partial charge is 0.312 e. The highest BCUT2D eigenvalue weighted by molar-refractivity contribution is 5.94. The fourth-order valence-corrected chi connectivity index (χ4v) is 4.86. The van der Waals surface area contributed by atoms with Crippen molar-refractivity contribution in [2.24, 2.45) is 0 Å². The van der Waals surface area contributed by atoms with Gasteiger partial charge < -0.3 is 28.2 Å². The fourth-order valence-electron chi connectivity index (χ4n) is 4.86. The van der Waals surface area contributed by atoms with Gasteiger partial charge in [-0.2, -0.15) is 0 Å². The van der Waals surface area contributed by atoms with Crippen molar-refractivity contribution in [1.29, 1.82) is 0 Å². The molecule has 1 atom stereocenters. The SMILES string of the molecule is COc1ccc(-c2coc3c4c(cc(O)c3c2=O)OC(=O)C[C@@H]4c2coc3ccc(OC)cc3c2=O)cc1. The molecule has 0 radical (unpaired) electrons. The quantitative estimate of drug-likeness (QED) is 0.269. The largest absolute Gasteiger partial charge is 0.507 e. The van der Waals surface area contributed by atoms with E-state index in [4.69, 9.17) is 23.0 Å². The summed E-state index contributed by atoms with van der Waals surface area (Å²) in [6.45, 7) is 0. The minimum Gasteiger partial charge on any atom is -0.507 e. The first-order valence-electron chi connectivity index (χ1n) is 11.7. The molecule has 0 saturated carbocycles. The molecule has 38 heavy (non-hydrogen) atoms. The standard InChI is InChI=1S/C29H20O9/c1-34-15-5-3-14(4-6-15)19-12-37-29-25-17(10-24(31)38-23(25)11-21(30)26(29)28(19)33)20-13-36-22-8-7-16(35-2)9-18(22)27(20)32/h3-9,11-13,17,30H,10H2,1-2H3/t17-/m1/s1. The molecule has 6 rings (SSSR count). The Morgan fingerprint density at radius 1 is 0.868 bits per heavy atom. The summed E-state index contributed by atoms with van der Waals surface area (Å²) in [6.07, 6.45) is 2.39. The highest BCUT2D eigenvalue weighted by atomic mass is 16.5. The summed E-state index contributed by atoms with van der Waals surface area (Å²) < 4.78 is 27.5. The molecule has 1 aliphatic heterocycles. The number of phenols is 1. The van der Waals surface area contributed by atoms with Crippen molar-refractivity contribution in [1.82, 2.24) is 0 Å². The highest BCUT2D eigenvalue weighted by Gasteiger charge is 2.35. The van der Waals surface area contributed by atoms with Crippen molar-refractivity contribution in [2.45, 2.75) is 12.3 Å². The Balaban J connectivity index is 1.59. The van der Waals surface area contributed by atoms with Crippen LogP contribution in [-0.2, 0) is 4.79 Å². The zero-order chi connectivity index (χ0) is 26.6. The van der Waals surface area contributed by atoms with Gasteiger partial charge in [-0.25, -0.2) is 0 Å². The van der Waals surface area contributed by atoms with Crippen molar-refractivity contribution in [2.75, 3.05) is 14.2 Å². The number of rotatable bonds is 4. The second kappa shape index (κ2) is 8.81. The lowest BCUT2D eigenvalue weighted by Gasteiger charge is -2.25. The molecule has 0 spiro atoms. The zero-order valence-electron chi connectivity index (χ0n) is 20.3. The van der Waals surface area contributed by atoms with Crippen molar-refractivity contribution in [3.8, 4) is 34.1 Å². The molecule has 1 N–H and O–H groups in total. The van der Waals surface area contributed by atoms with Crippen LogP contribution in [0.4, 0.5) is 0 Å². The van der Waals surface area contributed by atoms with Crippen LogP contribution in [0, 0.1) is 0 Å². The van der Waals surface area contributed by atoms with Gasteiger partial charge in [-0.1, -0.05) is 12.1 Å². The van der Waals surface area contributed by atoms with Gasteiger partial charge in [0.2, 0.25) is 5.43 Å². The lowest BCUT2D eigenvalue weighted by atomic mass is 9.85. The first kappa shape index (κ1) is 23.4. The maximum absolute atomic E-state index is 13.6. The Morgan fingerprint density at radius 3 is 2.34 bits per heavy atom. The lowest BCUT2D eigenvalue weighted by molar-refractivity contribution is -0.135. The molecule has 0 bridgehead atoms. The third-order valence-electron chi connectivity index (χ3n) is 6.75. The van der Waals surface area contributed by atoms with Crippen LogP contribution in [0.1, 0.15) is 23.5 Å². The number of carbonyl (C=O) groups is 1. The molecule has 3 heterocycles. The van der Waals surface area contributed by atoms with Crippen LogP contribution in [0.25, 0.3) is 33.1 Å². The van der Waals surface area contributed by atoms with Crippen LogP contribution in [0.3, 0.4) is 0 Å². The Hall–Kier alpha value is -5.05. The molecule has 0 aliphatic carbocycles. The van der Waals surface area contributed by atoms with E-state index in [9.17, 15) is 19.5 Å². The average Bonchev–Trinajstić information content (AvgIpc) is 2.92. The molecule has 9 heteroatoms. The van der Waals surface area contributed by atoms with E-state index < -0.39 is 23.1 Å². The number of hydrogen-bond donors (Lipinski definition) is 1. The minimum absolute atomic E-state index is 0.00161. The topological polar surface area (TPSA) is 125 Å². The monoisotopic (exact) mass is 512 g/mol. The third kappa shape index (κ3) is 3.59. The van der Waals surface area contributed by atoms with E-state index in [0.717, 1.165) is 0 Å². The van der Waals surface area contributed by atoms with Crippen LogP contribution < -0.4 is 25.1 Å². The van der Waals surface area contributed by atoms with Crippen molar-refractivity contribution < 1.29 is 32.9 Å². The van der Waals surface area contributed by atoms with Crippen molar-refractivity contribution >= 4 is 27.9 Å². The molecule has 1 aliphatic rings. The van der Waals surface area contributed by atoms with Gasteiger partial charge in [0.05, 0.1) is 37.9 Å². The molecule has 5 aromatic rings. The number of carbonyl (C=O) groups excluding carboxylic acids is 1. The predicted octanol–water partition coefficient (Wildman–Crippen LogP) is 4.73. The van der Waals surface area contributed by atoms with Gasteiger partial charge in [0.1, 0.15) is 45.8 Å².